The molecule has 2 aromatic carbocycles. The van der Waals surface area contributed by atoms with Gasteiger partial charge >= 0.3 is 0 Å². The molecule has 0 aromatic heterocycles. The lowest BCUT2D eigenvalue weighted by molar-refractivity contribution is -0.127. The van der Waals surface area contributed by atoms with E-state index in [1.807, 2.05) is 53.6 Å². The van der Waals surface area contributed by atoms with Crippen molar-refractivity contribution in [2.75, 3.05) is 36.6 Å². The first-order valence-electron chi connectivity index (χ1n) is 8.27. The number of fused-ring (bicyclic) bond motifs is 1. The molecule has 1 aliphatic heterocycles. The molecule has 7 heteroatoms. The third kappa shape index (κ3) is 4.11. The molecular weight excluding hydrogens is 350 g/mol. The first kappa shape index (κ1) is 18.1. The minimum atomic E-state index is -0.649. The molecule has 136 valence electrons. The maximum absolute atomic E-state index is 12.5. The summed E-state index contributed by atoms with van der Waals surface area (Å²) >= 11 is 1.65. The van der Waals surface area contributed by atoms with Gasteiger partial charge in [-0.3, -0.25) is 9.59 Å². The number of amides is 2. The van der Waals surface area contributed by atoms with Gasteiger partial charge in [0.25, 0.3) is 5.91 Å². The van der Waals surface area contributed by atoms with E-state index in [9.17, 15) is 9.59 Å². The van der Waals surface area contributed by atoms with E-state index >= 15 is 0 Å². The van der Waals surface area contributed by atoms with Gasteiger partial charge in [0.05, 0.1) is 18.8 Å². The second-order valence-corrected chi connectivity index (χ2v) is 6.73. The van der Waals surface area contributed by atoms with Crippen LogP contribution >= 0.6 is 11.8 Å². The summed E-state index contributed by atoms with van der Waals surface area (Å²) in [5, 5.41) is 5.50. The number of carbonyl (C=O) groups excluding carboxylic acids is 2. The second-order valence-electron chi connectivity index (χ2n) is 5.85. The lowest BCUT2D eigenvalue weighted by Gasteiger charge is -2.34. The van der Waals surface area contributed by atoms with Crippen LogP contribution in [0.2, 0.25) is 0 Å². The van der Waals surface area contributed by atoms with Gasteiger partial charge in [-0.25, -0.2) is 0 Å². The molecule has 0 radical (unpaired) electrons. The second kappa shape index (κ2) is 8.14. The van der Waals surface area contributed by atoms with E-state index < -0.39 is 6.10 Å². The molecule has 0 unspecified atom stereocenters. The van der Waals surface area contributed by atoms with Crippen molar-refractivity contribution < 1.29 is 14.3 Å². The Morgan fingerprint density at radius 1 is 1.19 bits per heavy atom. The molecule has 1 atom stereocenters. The summed E-state index contributed by atoms with van der Waals surface area (Å²) < 4.78 is 5.75. The van der Waals surface area contributed by atoms with Crippen LogP contribution in [0.4, 0.5) is 11.4 Å². The number of nitrogens with one attached hydrogen (secondary N) is 2. The number of nitrogens with zero attached hydrogens (tertiary/aromatic N) is 1. The number of anilines is 2. The van der Waals surface area contributed by atoms with E-state index in [2.05, 4.69) is 10.6 Å². The number of likely N-dealkylation sites (N-methyl/N-ethyl adjacent to an activating group) is 1. The lowest BCUT2D eigenvalue weighted by atomic mass is 10.1. The Morgan fingerprint density at radius 3 is 2.62 bits per heavy atom. The molecule has 1 aliphatic rings. The highest BCUT2D eigenvalue weighted by molar-refractivity contribution is 7.98. The molecule has 0 bridgehead atoms. The van der Waals surface area contributed by atoms with Crippen molar-refractivity contribution in [3.63, 3.8) is 0 Å². The molecule has 0 spiro atoms. The molecular formula is C19H21N3O3S. The molecule has 0 fully saturated rings. The van der Waals surface area contributed by atoms with Crippen LogP contribution in [0.5, 0.6) is 5.75 Å². The zero-order chi connectivity index (χ0) is 18.5. The molecule has 26 heavy (non-hydrogen) atoms. The van der Waals surface area contributed by atoms with Gasteiger partial charge in [0.2, 0.25) is 5.91 Å². The standard InChI is InChI=1S/C19H21N3O3S/c1-20-19(24)17-11-22(15-5-3-4-6-16(15)25-17)12-18(23)21-13-7-9-14(26-2)10-8-13/h3-10,17H,11-12H2,1-2H3,(H,20,24)(H,21,23)/t17-/m0/s1. The number of benzene rings is 2. The number of hydrogen-bond acceptors (Lipinski definition) is 5. The Morgan fingerprint density at radius 2 is 1.92 bits per heavy atom. The maximum atomic E-state index is 12.5. The smallest absolute Gasteiger partial charge is 0.262 e. The molecule has 2 N–H and O–H groups in total. The van der Waals surface area contributed by atoms with Gasteiger partial charge in [-0.2, -0.15) is 0 Å². The number of thioether (sulfide) groups is 1. The topological polar surface area (TPSA) is 70.7 Å². The monoisotopic (exact) mass is 371 g/mol. The van der Waals surface area contributed by atoms with Crippen molar-refractivity contribution in [2.24, 2.45) is 0 Å². The summed E-state index contributed by atoms with van der Waals surface area (Å²) in [6.45, 7) is 0.452. The number of hydrogen-bond donors (Lipinski definition) is 2. The van der Waals surface area contributed by atoms with Crippen molar-refractivity contribution in [2.45, 2.75) is 11.0 Å². The highest BCUT2D eigenvalue weighted by Gasteiger charge is 2.30. The quantitative estimate of drug-likeness (QED) is 0.790. The van der Waals surface area contributed by atoms with Crippen molar-refractivity contribution in [1.82, 2.24) is 5.32 Å². The molecule has 6 nitrogen and oxygen atoms in total. The van der Waals surface area contributed by atoms with E-state index in [1.165, 1.54) is 0 Å². The summed E-state index contributed by atoms with van der Waals surface area (Å²) in [5.74, 6) is 0.247. The van der Waals surface area contributed by atoms with Crippen LogP contribution in [-0.2, 0) is 9.59 Å². The fourth-order valence-electron chi connectivity index (χ4n) is 2.80. The number of ether oxygens (including phenoxy) is 1. The van der Waals surface area contributed by atoms with Crippen LogP contribution in [-0.4, -0.2) is 44.3 Å². The summed E-state index contributed by atoms with van der Waals surface area (Å²) in [6.07, 6.45) is 1.36. The fraction of sp³-hybridized carbons (Fsp3) is 0.263. The average molecular weight is 371 g/mol. The Kier molecular flexibility index (Phi) is 5.68. The SMILES string of the molecule is CNC(=O)[C@@H]1CN(CC(=O)Nc2ccc(SC)cc2)c2ccccc2O1. The van der Waals surface area contributed by atoms with Gasteiger partial charge in [-0.1, -0.05) is 12.1 Å². The van der Waals surface area contributed by atoms with Crippen LogP contribution in [0.1, 0.15) is 0 Å². The molecule has 2 amide bonds. The van der Waals surface area contributed by atoms with Crippen molar-refractivity contribution in [1.29, 1.82) is 0 Å². The fourth-order valence-corrected chi connectivity index (χ4v) is 3.21. The van der Waals surface area contributed by atoms with Crippen molar-refractivity contribution in [3.8, 4) is 5.75 Å². The molecule has 3 rings (SSSR count). The van der Waals surface area contributed by atoms with Gasteiger partial charge < -0.3 is 20.3 Å². The number of carbonyl (C=O) groups is 2. The summed E-state index contributed by atoms with van der Waals surface area (Å²) in [4.78, 5) is 27.5. The summed E-state index contributed by atoms with van der Waals surface area (Å²) in [7, 11) is 1.57. The van der Waals surface area contributed by atoms with E-state index in [0.29, 0.717) is 12.3 Å². The van der Waals surface area contributed by atoms with Gasteiger partial charge in [0.1, 0.15) is 5.75 Å². The maximum Gasteiger partial charge on any atom is 0.262 e. The van der Waals surface area contributed by atoms with E-state index in [1.54, 1.807) is 24.9 Å². The zero-order valence-corrected chi connectivity index (χ0v) is 15.5. The summed E-state index contributed by atoms with van der Waals surface area (Å²) in [5.41, 5.74) is 1.55. The molecule has 2 aromatic rings. The van der Waals surface area contributed by atoms with Crippen molar-refractivity contribution >= 4 is 35.0 Å². The zero-order valence-electron chi connectivity index (χ0n) is 14.7. The molecule has 0 saturated heterocycles. The molecule has 0 aliphatic carbocycles. The Hall–Kier alpha value is -2.67. The minimum Gasteiger partial charge on any atom is -0.477 e. The van der Waals surface area contributed by atoms with Crippen LogP contribution < -0.4 is 20.3 Å². The first-order chi connectivity index (χ1) is 12.6. The van der Waals surface area contributed by atoms with Crippen molar-refractivity contribution in [3.05, 3.63) is 48.5 Å². The molecule has 0 saturated carbocycles. The predicted molar refractivity (Wildman–Crippen MR) is 104 cm³/mol. The Balaban J connectivity index is 1.72. The average Bonchev–Trinajstić information content (AvgIpc) is 2.67. The van der Waals surface area contributed by atoms with E-state index in [-0.39, 0.29) is 18.4 Å². The minimum absolute atomic E-state index is 0.137. The molecule has 1 heterocycles. The van der Waals surface area contributed by atoms with E-state index in [4.69, 9.17) is 4.74 Å². The Bertz CT molecular complexity index is 795. The highest BCUT2D eigenvalue weighted by Crippen LogP contribution is 2.33. The summed E-state index contributed by atoms with van der Waals surface area (Å²) in [6, 6.07) is 15.1. The van der Waals surface area contributed by atoms with Crippen LogP contribution in [0.15, 0.2) is 53.4 Å². The third-order valence-corrected chi connectivity index (χ3v) is 4.85. The van der Waals surface area contributed by atoms with Gasteiger partial charge in [-0.05, 0) is 42.7 Å². The number of para-hydroxylation sites is 2. The van der Waals surface area contributed by atoms with Crippen LogP contribution in [0.25, 0.3) is 0 Å². The van der Waals surface area contributed by atoms with Crippen LogP contribution in [0, 0.1) is 0 Å². The van der Waals surface area contributed by atoms with Crippen LogP contribution in [0.3, 0.4) is 0 Å². The predicted octanol–water partition coefficient (Wildman–Crippen LogP) is 2.36. The van der Waals surface area contributed by atoms with E-state index in [0.717, 1.165) is 16.3 Å². The highest BCUT2D eigenvalue weighted by atomic mass is 32.2. The van der Waals surface area contributed by atoms with Gasteiger partial charge in [0.15, 0.2) is 6.10 Å². The first-order valence-corrected chi connectivity index (χ1v) is 9.49. The number of rotatable bonds is 5. The largest absolute Gasteiger partial charge is 0.477 e. The lowest BCUT2D eigenvalue weighted by Crippen LogP contribution is -2.50. The Labute approximate surface area is 156 Å². The third-order valence-electron chi connectivity index (χ3n) is 4.11. The van der Waals surface area contributed by atoms with Gasteiger partial charge in [-0.15, -0.1) is 11.8 Å². The normalized spacial score (nSPS) is 15.6. The van der Waals surface area contributed by atoms with Gasteiger partial charge in [0, 0.05) is 17.6 Å².